The minimum atomic E-state index is -0.566. The third-order valence-corrected chi connectivity index (χ3v) is 5.07. The third-order valence-electron chi connectivity index (χ3n) is 5.07. The summed E-state index contributed by atoms with van der Waals surface area (Å²) in [7, 11) is 0. The minimum Gasteiger partial charge on any atom is -0.504 e. The van der Waals surface area contributed by atoms with Crippen LogP contribution in [0.2, 0.25) is 0 Å². The Bertz CT molecular complexity index is 1230. The van der Waals surface area contributed by atoms with Gasteiger partial charge in [-0.25, -0.2) is 0 Å². The molecule has 0 bridgehead atoms. The number of carbonyl (C=O) groups excluding carboxylic acids is 1. The van der Waals surface area contributed by atoms with Gasteiger partial charge in [-0.1, -0.05) is 39.0 Å². The van der Waals surface area contributed by atoms with Crippen LogP contribution in [0.25, 0.3) is 0 Å². The van der Waals surface area contributed by atoms with E-state index in [1.54, 1.807) is 43.3 Å². The molecule has 0 aliphatic heterocycles. The molecule has 0 radical (unpaired) electrons. The molecule has 0 unspecified atom stereocenters. The maximum absolute atomic E-state index is 12.7. The van der Waals surface area contributed by atoms with Crippen LogP contribution >= 0.6 is 0 Å². The van der Waals surface area contributed by atoms with E-state index < -0.39 is 4.92 Å². The zero-order valence-electron chi connectivity index (χ0n) is 19.5. The first-order valence-electron chi connectivity index (χ1n) is 10.8. The molecule has 0 heterocycles. The predicted molar refractivity (Wildman–Crippen MR) is 133 cm³/mol. The van der Waals surface area contributed by atoms with Gasteiger partial charge in [0.2, 0.25) is 0 Å². The monoisotopic (exact) mass is 461 g/mol. The van der Waals surface area contributed by atoms with E-state index in [1.807, 2.05) is 12.1 Å². The highest BCUT2D eigenvalue weighted by Gasteiger charge is 2.17. The van der Waals surface area contributed by atoms with E-state index in [0.29, 0.717) is 16.9 Å². The maximum atomic E-state index is 12.7. The molecular formula is C26H27N3O5. The average Bonchev–Trinajstić information content (AvgIpc) is 2.79. The van der Waals surface area contributed by atoms with Gasteiger partial charge in [-0.2, -0.15) is 0 Å². The summed E-state index contributed by atoms with van der Waals surface area (Å²) in [5.41, 5.74) is 2.62. The highest BCUT2D eigenvalue weighted by molar-refractivity contribution is 6.04. The van der Waals surface area contributed by atoms with Gasteiger partial charge in [-0.3, -0.25) is 19.9 Å². The molecule has 0 saturated carbocycles. The molecule has 0 spiro atoms. The topological polar surface area (TPSA) is 114 Å². The molecule has 8 nitrogen and oxygen atoms in total. The highest BCUT2D eigenvalue weighted by atomic mass is 16.6. The molecule has 0 aromatic heterocycles. The van der Waals surface area contributed by atoms with Crippen LogP contribution in [0.5, 0.6) is 11.5 Å². The first kappa shape index (κ1) is 24.4. The van der Waals surface area contributed by atoms with Crippen molar-refractivity contribution in [3.63, 3.8) is 0 Å². The van der Waals surface area contributed by atoms with Crippen LogP contribution < -0.4 is 10.1 Å². The van der Waals surface area contributed by atoms with Crippen molar-refractivity contribution in [2.45, 2.75) is 33.1 Å². The van der Waals surface area contributed by atoms with Crippen LogP contribution in [0, 0.1) is 10.1 Å². The zero-order valence-corrected chi connectivity index (χ0v) is 19.5. The van der Waals surface area contributed by atoms with Gasteiger partial charge in [0.15, 0.2) is 11.5 Å². The second-order valence-corrected chi connectivity index (χ2v) is 8.66. The number of phenolic OH excluding ortho intramolecular Hbond substituents is 1. The Balaban J connectivity index is 1.80. The fourth-order valence-electron chi connectivity index (χ4n) is 3.22. The Labute approximate surface area is 198 Å². The van der Waals surface area contributed by atoms with E-state index >= 15 is 0 Å². The quantitative estimate of drug-likeness (QED) is 0.254. The van der Waals surface area contributed by atoms with Crippen LogP contribution in [0.1, 0.15) is 49.2 Å². The van der Waals surface area contributed by atoms with E-state index in [-0.39, 0.29) is 40.7 Å². The van der Waals surface area contributed by atoms with E-state index in [2.05, 4.69) is 31.1 Å². The van der Waals surface area contributed by atoms with Crippen molar-refractivity contribution in [2.75, 3.05) is 11.9 Å². The van der Waals surface area contributed by atoms with Crippen molar-refractivity contribution in [1.82, 2.24) is 0 Å². The van der Waals surface area contributed by atoms with Crippen molar-refractivity contribution in [3.05, 3.63) is 87.5 Å². The Morgan fingerprint density at radius 2 is 1.85 bits per heavy atom. The standard InChI is InChI=1S/C26H27N3O5/c1-5-34-23-15-22(29(32)33)13-18(24(23)30)16-27-20-7-6-8-21(14-20)28-25(31)17-9-11-19(12-10-17)26(2,3)4/h6-16,30H,5H2,1-4H3,(H,28,31). The number of nitro groups is 1. The number of nitrogens with zero attached hydrogens (tertiary/aromatic N) is 2. The summed E-state index contributed by atoms with van der Waals surface area (Å²) in [4.78, 5) is 27.6. The second-order valence-electron chi connectivity index (χ2n) is 8.66. The summed E-state index contributed by atoms with van der Waals surface area (Å²) in [5, 5.41) is 24.4. The van der Waals surface area contributed by atoms with Gasteiger partial charge in [-0.15, -0.1) is 0 Å². The number of ether oxygens (including phenoxy) is 1. The maximum Gasteiger partial charge on any atom is 0.274 e. The molecule has 0 aliphatic rings. The summed E-state index contributed by atoms with van der Waals surface area (Å²) in [6.07, 6.45) is 1.32. The molecule has 3 aromatic rings. The van der Waals surface area contributed by atoms with Crippen LogP contribution in [0.15, 0.2) is 65.7 Å². The Morgan fingerprint density at radius 3 is 2.47 bits per heavy atom. The second kappa shape index (κ2) is 10.2. The summed E-state index contributed by atoms with van der Waals surface area (Å²) in [6, 6.07) is 16.7. The fraction of sp³-hybridized carbons (Fsp3) is 0.231. The number of benzene rings is 3. The van der Waals surface area contributed by atoms with Gasteiger partial charge >= 0.3 is 0 Å². The lowest BCUT2D eigenvalue weighted by Gasteiger charge is -2.19. The number of aromatic hydroxyl groups is 1. The van der Waals surface area contributed by atoms with E-state index in [0.717, 1.165) is 5.56 Å². The number of anilines is 1. The zero-order chi connectivity index (χ0) is 24.9. The number of hydrogen-bond donors (Lipinski definition) is 2. The van der Waals surface area contributed by atoms with Gasteiger partial charge in [-0.05, 0) is 48.2 Å². The van der Waals surface area contributed by atoms with E-state index in [1.165, 1.54) is 18.3 Å². The first-order valence-corrected chi connectivity index (χ1v) is 10.8. The molecule has 0 fully saturated rings. The number of aliphatic imine (C=N–C) groups is 1. The molecule has 3 rings (SSSR count). The molecule has 3 aromatic carbocycles. The normalized spacial score (nSPS) is 11.4. The molecule has 34 heavy (non-hydrogen) atoms. The fourth-order valence-corrected chi connectivity index (χ4v) is 3.22. The van der Waals surface area contributed by atoms with Crippen LogP contribution in [-0.2, 0) is 5.41 Å². The molecule has 176 valence electrons. The highest BCUT2D eigenvalue weighted by Crippen LogP contribution is 2.34. The van der Waals surface area contributed by atoms with Crippen LogP contribution in [0.3, 0.4) is 0 Å². The van der Waals surface area contributed by atoms with E-state index in [9.17, 15) is 20.0 Å². The molecule has 1 amide bonds. The van der Waals surface area contributed by atoms with Gasteiger partial charge in [0.25, 0.3) is 11.6 Å². The minimum absolute atomic E-state index is 0.00160. The number of nitrogens with one attached hydrogen (secondary N) is 1. The molecule has 0 atom stereocenters. The SMILES string of the molecule is CCOc1cc([N+](=O)[O-])cc(C=Nc2cccc(NC(=O)c3ccc(C(C)(C)C)cc3)c2)c1O. The number of carbonyl (C=O) groups is 1. The van der Waals surface area contributed by atoms with Gasteiger partial charge in [0.05, 0.1) is 23.3 Å². The van der Waals surface area contributed by atoms with Crippen molar-refractivity contribution in [1.29, 1.82) is 0 Å². The number of phenols is 1. The Hall–Kier alpha value is -4.20. The molecule has 0 saturated heterocycles. The third kappa shape index (κ3) is 5.98. The van der Waals surface area contributed by atoms with Gasteiger partial charge in [0.1, 0.15) is 0 Å². The predicted octanol–water partition coefficient (Wildman–Crippen LogP) is 6.00. The van der Waals surface area contributed by atoms with Crippen molar-refractivity contribution < 1.29 is 19.6 Å². The lowest BCUT2D eigenvalue weighted by atomic mass is 9.87. The summed E-state index contributed by atoms with van der Waals surface area (Å²) < 4.78 is 5.29. The van der Waals surface area contributed by atoms with Crippen molar-refractivity contribution >= 4 is 29.2 Å². The average molecular weight is 462 g/mol. The summed E-state index contributed by atoms with van der Waals surface area (Å²) in [5.74, 6) is -0.477. The van der Waals surface area contributed by atoms with Crippen LogP contribution in [-0.4, -0.2) is 28.8 Å². The summed E-state index contributed by atoms with van der Waals surface area (Å²) in [6.45, 7) is 8.29. The van der Waals surface area contributed by atoms with Gasteiger partial charge < -0.3 is 15.2 Å². The summed E-state index contributed by atoms with van der Waals surface area (Å²) >= 11 is 0. The molecule has 2 N–H and O–H groups in total. The number of hydrogen-bond acceptors (Lipinski definition) is 6. The van der Waals surface area contributed by atoms with Crippen molar-refractivity contribution in [3.8, 4) is 11.5 Å². The molecule has 0 aliphatic carbocycles. The van der Waals surface area contributed by atoms with Crippen LogP contribution in [0.4, 0.5) is 17.1 Å². The Morgan fingerprint density at radius 1 is 1.15 bits per heavy atom. The van der Waals surface area contributed by atoms with E-state index in [4.69, 9.17) is 4.74 Å². The Kier molecular flexibility index (Phi) is 7.31. The van der Waals surface area contributed by atoms with Crippen molar-refractivity contribution in [2.24, 2.45) is 4.99 Å². The largest absolute Gasteiger partial charge is 0.504 e. The molecular weight excluding hydrogens is 434 g/mol. The number of nitro benzene ring substituents is 1. The number of amides is 1. The van der Waals surface area contributed by atoms with Gasteiger partial charge in [0, 0.05) is 29.1 Å². The number of non-ortho nitro benzene ring substituents is 1. The molecule has 8 heteroatoms. The smallest absolute Gasteiger partial charge is 0.274 e. The number of rotatable bonds is 7. The lowest BCUT2D eigenvalue weighted by Crippen LogP contribution is -2.14. The lowest BCUT2D eigenvalue weighted by molar-refractivity contribution is -0.385. The first-order chi connectivity index (χ1) is 16.1.